The molecule has 0 aromatic heterocycles. The average molecular weight is 233 g/mol. The van der Waals surface area contributed by atoms with E-state index in [1.807, 2.05) is 6.07 Å². The zero-order valence-corrected chi connectivity index (χ0v) is 10.3. The van der Waals surface area contributed by atoms with Crippen molar-refractivity contribution in [1.82, 2.24) is 0 Å². The molecule has 0 spiro atoms. The molecule has 0 aliphatic heterocycles. The normalized spacial score (nSPS) is 22.5. The third-order valence-electron chi connectivity index (χ3n) is 4.50. The van der Waals surface area contributed by atoms with Crippen molar-refractivity contribution >= 4 is 0 Å². The molecule has 1 saturated carbocycles. The van der Waals surface area contributed by atoms with Gasteiger partial charge >= 0.3 is 0 Å². The number of benzene rings is 1. The van der Waals surface area contributed by atoms with Crippen molar-refractivity contribution in [1.29, 1.82) is 0 Å². The first-order chi connectivity index (χ1) is 8.21. The topological polar surface area (TPSA) is 26.0 Å². The Morgan fingerprint density at radius 1 is 1.00 bits per heavy atom. The van der Waals surface area contributed by atoms with Crippen LogP contribution in [0.4, 0.5) is 4.39 Å². The highest BCUT2D eigenvalue weighted by Gasteiger charge is 2.33. The third-order valence-corrected chi connectivity index (χ3v) is 4.50. The number of hydrogen-bond acceptors (Lipinski definition) is 1. The molecular weight excluding hydrogens is 213 g/mol. The van der Waals surface area contributed by atoms with E-state index in [4.69, 9.17) is 5.73 Å². The third kappa shape index (κ3) is 1.79. The summed E-state index contributed by atoms with van der Waals surface area (Å²) in [5.41, 5.74) is 8.95. The Morgan fingerprint density at radius 3 is 2.53 bits per heavy atom. The van der Waals surface area contributed by atoms with Crippen molar-refractivity contribution in [3.63, 3.8) is 0 Å². The minimum atomic E-state index is -0.403. The van der Waals surface area contributed by atoms with Crippen molar-refractivity contribution in [2.24, 2.45) is 5.73 Å². The van der Waals surface area contributed by atoms with Crippen LogP contribution in [0.3, 0.4) is 0 Å². The molecule has 2 aliphatic rings. The van der Waals surface area contributed by atoms with Gasteiger partial charge in [-0.1, -0.05) is 31.4 Å². The van der Waals surface area contributed by atoms with Gasteiger partial charge in [-0.05, 0) is 43.2 Å². The summed E-state index contributed by atoms with van der Waals surface area (Å²) in [6, 6.07) is 4.05. The fraction of sp³-hybridized carbons (Fsp3) is 0.600. The van der Waals surface area contributed by atoms with Gasteiger partial charge in [0, 0.05) is 11.1 Å². The molecule has 0 unspecified atom stereocenters. The first kappa shape index (κ1) is 11.2. The lowest BCUT2D eigenvalue weighted by molar-refractivity contribution is 0.292. The predicted molar refractivity (Wildman–Crippen MR) is 67.4 cm³/mol. The Kier molecular flexibility index (Phi) is 2.70. The molecule has 2 heteroatoms. The molecule has 1 fully saturated rings. The van der Waals surface area contributed by atoms with Gasteiger partial charge in [0.15, 0.2) is 0 Å². The van der Waals surface area contributed by atoms with Crippen molar-refractivity contribution in [3.05, 3.63) is 34.6 Å². The van der Waals surface area contributed by atoms with Crippen LogP contribution >= 0.6 is 0 Å². The fourth-order valence-electron chi connectivity index (χ4n) is 3.46. The lowest BCUT2D eigenvalue weighted by atomic mass is 9.76. The van der Waals surface area contributed by atoms with Crippen LogP contribution < -0.4 is 5.73 Å². The summed E-state index contributed by atoms with van der Waals surface area (Å²) in [5.74, 6) is 0.00407. The van der Waals surface area contributed by atoms with E-state index in [9.17, 15) is 4.39 Å². The van der Waals surface area contributed by atoms with E-state index >= 15 is 0 Å². The van der Waals surface area contributed by atoms with Gasteiger partial charge in [0.1, 0.15) is 5.82 Å². The number of nitrogens with two attached hydrogens (primary N) is 1. The fourth-order valence-corrected chi connectivity index (χ4v) is 3.46. The molecule has 3 rings (SSSR count). The maximum Gasteiger partial charge on any atom is 0.131 e. The van der Waals surface area contributed by atoms with Crippen molar-refractivity contribution in [3.8, 4) is 0 Å². The maximum absolute atomic E-state index is 14.5. The zero-order valence-electron chi connectivity index (χ0n) is 10.3. The highest BCUT2D eigenvalue weighted by molar-refractivity contribution is 5.40. The molecule has 0 heterocycles. The lowest BCUT2D eigenvalue weighted by Crippen LogP contribution is -2.39. The van der Waals surface area contributed by atoms with Gasteiger partial charge in [-0.25, -0.2) is 4.39 Å². The molecule has 1 aromatic carbocycles. The van der Waals surface area contributed by atoms with Crippen molar-refractivity contribution in [2.75, 3.05) is 0 Å². The van der Waals surface area contributed by atoms with E-state index in [1.165, 1.54) is 12.0 Å². The summed E-state index contributed by atoms with van der Waals surface area (Å²) in [6.45, 7) is 0. The van der Waals surface area contributed by atoms with E-state index in [0.717, 1.165) is 56.1 Å². The van der Waals surface area contributed by atoms with Crippen LogP contribution in [0.5, 0.6) is 0 Å². The highest BCUT2D eigenvalue weighted by Crippen LogP contribution is 2.38. The highest BCUT2D eigenvalue weighted by atomic mass is 19.1. The van der Waals surface area contributed by atoms with Gasteiger partial charge in [-0.3, -0.25) is 0 Å². The van der Waals surface area contributed by atoms with E-state index < -0.39 is 5.54 Å². The summed E-state index contributed by atoms with van der Waals surface area (Å²) in [5, 5.41) is 0. The Hall–Kier alpha value is -0.890. The standard InChI is InChI=1S/C15H20FN/c16-14-12-6-4-5-11(12)7-8-13(14)15(17)9-2-1-3-10-15/h7-8H,1-6,9-10,17H2. The average Bonchev–Trinajstić information content (AvgIpc) is 2.79. The summed E-state index contributed by atoms with van der Waals surface area (Å²) in [6.07, 6.45) is 8.39. The van der Waals surface area contributed by atoms with Crippen LogP contribution in [0.25, 0.3) is 0 Å². The number of hydrogen-bond donors (Lipinski definition) is 1. The van der Waals surface area contributed by atoms with Crippen LogP contribution in [0, 0.1) is 5.82 Å². The molecule has 1 aromatic rings. The SMILES string of the molecule is NC1(c2ccc3c(c2F)CCC3)CCCCC1. The minimum Gasteiger partial charge on any atom is -0.321 e. The molecule has 1 nitrogen and oxygen atoms in total. The quantitative estimate of drug-likeness (QED) is 0.790. The van der Waals surface area contributed by atoms with Gasteiger partial charge in [-0.2, -0.15) is 0 Å². The molecule has 0 radical (unpaired) electrons. The Labute approximate surface area is 102 Å². The molecule has 17 heavy (non-hydrogen) atoms. The monoisotopic (exact) mass is 233 g/mol. The summed E-state index contributed by atoms with van der Waals surface area (Å²) >= 11 is 0. The second kappa shape index (κ2) is 4.09. The molecule has 0 atom stereocenters. The molecule has 0 bridgehead atoms. The second-order valence-corrected chi connectivity index (χ2v) is 5.64. The van der Waals surface area contributed by atoms with E-state index in [-0.39, 0.29) is 5.82 Å². The largest absolute Gasteiger partial charge is 0.321 e. The number of fused-ring (bicyclic) bond motifs is 1. The van der Waals surface area contributed by atoms with Gasteiger partial charge < -0.3 is 5.73 Å². The van der Waals surface area contributed by atoms with Gasteiger partial charge in [0.25, 0.3) is 0 Å². The molecule has 2 N–H and O–H groups in total. The van der Waals surface area contributed by atoms with Gasteiger partial charge in [0.05, 0.1) is 0 Å². The first-order valence-corrected chi connectivity index (χ1v) is 6.80. The summed E-state index contributed by atoms with van der Waals surface area (Å²) in [7, 11) is 0. The minimum absolute atomic E-state index is 0.00407. The van der Waals surface area contributed by atoms with Crippen molar-refractivity contribution < 1.29 is 4.39 Å². The van der Waals surface area contributed by atoms with Crippen molar-refractivity contribution in [2.45, 2.75) is 56.9 Å². The zero-order chi connectivity index (χ0) is 11.9. The summed E-state index contributed by atoms with van der Waals surface area (Å²) in [4.78, 5) is 0. The smallest absolute Gasteiger partial charge is 0.131 e. The van der Waals surface area contributed by atoms with Crippen LogP contribution in [0.2, 0.25) is 0 Å². The van der Waals surface area contributed by atoms with Crippen LogP contribution in [-0.4, -0.2) is 0 Å². The number of rotatable bonds is 1. The molecule has 0 saturated heterocycles. The lowest BCUT2D eigenvalue weighted by Gasteiger charge is -2.34. The van der Waals surface area contributed by atoms with E-state index in [0.29, 0.717) is 0 Å². The van der Waals surface area contributed by atoms with Crippen LogP contribution in [0.1, 0.15) is 55.2 Å². The second-order valence-electron chi connectivity index (χ2n) is 5.64. The Morgan fingerprint density at radius 2 is 1.76 bits per heavy atom. The molecular formula is C15H20FN. The van der Waals surface area contributed by atoms with Crippen LogP contribution in [0.15, 0.2) is 12.1 Å². The molecule has 92 valence electrons. The van der Waals surface area contributed by atoms with E-state index in [2.05, 4.69) is 6.07 Å². The Bertz CT molecular complexity index is 433. The van der Waals surface area contributed by atoms with E-state index in [1.54, 1.807) is 0 Å². The number of halogens is 1. The molecule has 0 amide bonds. The van der Waals surface area contributed by atoms with Gasteiger partial charge in [-0.15, -0.1) is 0 Å². The number of aryl methyl sites for hydroxylation is 1. The van der Waals surface area contributed by atoms with Gasteiger partial charge in [0.2, 0.25) is 0 Å². The summed E-state index contributed by atoms with van der Waals surface area (Å²) < 4.78 is 14.5. The Balaban J connectivity index is 2.03. The maximum atomic E-state index is 14.5. The molecule has 2 aliphatic carbocycles. The van der Waals surface area contributed by atoms with Crippen LogP contribution in [-0.2, 0) is 18.4 Å². The predicted octanol–water partition coefficient (Wildman–Crippen LogP) is 3.43. The first-order valence-electron chi connectivity index (χ1n) is 6.80.